The molecule has 3 heteroatoms. The van der Waals surface area contributed by atoms with Gasteiger partial charge in [-0.3, -0.25) is 0 Å². The Labute approximate surface area is 86.1 Å². The zero-order valence-electron chi connectivity index (χ0n) is 7.32. The summed E-state index contributed by atoms with van der Waals surface area (Å²) >= 11 is 3.68. The fraction of sp³-hybridized carbons (Fsp3) is 0.800. The monoisotopic (exact) mass is 244 g/mol. The number of ether oxygens (including phenoxy) is 1. The van der Waals surface area contributed by atoms with E-state index in [0.29, 0.717) is 5.92 Å². The Hall–Kier alpha value is 0.140. The molecular weight excluding hydrogens is 232 g/mol. The fourth-order valence-corrected chi connectivity index (χ4v) is 3.79. The standard InChI is InChI=1S/C10H13BrO2/c11-10-5-1-2-6(9(10)12)7-3-4-8(10)13-7/h3-4,6-9,12H,1-2,5H2. The third-order valence-corrected chi connectivity index (χ3v) is 4.99. The van der Waals surface area contributed by atoms with Crippen molar-refractivity contribution < 1.29 is 9.84 Å². The zero-order valence-corrected chi connectivity index (χ0v) is 8.90. The van der Waals surface area contributed by atoms with Gasteiger partial charge in [0.2, 0.25) is 0 Å². The predicted octanol–water partition coefficient (Wildman–Crippen LogP) is 1.62. The van der Waals surface area contributed by atoms with E-state index in [-0.39, 0.29) is 22.6 Å². The van der Waals surface area contributed by atoms with Gasteiger partial charge in [-0.25, -0.2) is 0 Å². The third-order valence-electron chi connectivity index (χ3n) is 3.67. The molecule has 13 heavy (non-hydrogen) atoms. The summed E-state index contributed by atoms with van der Waals surface area (Å²) in [5.74, 6) is 0.308. The molecule has 3 aliphatic rings. The highest BCUT2D eigenvalue weighted by atomic mass is 79.9. The summed E-state index contributed by atoms with van der Waals surface area (Å²) in [7, 11) is 0. The van der Waals surface area contributed by atoms with Crippen molar-refractivity contribution in [3.05, 3.63) is 12.2 Å². The Bertz CT molecular complexity index is 266. The number of alkyl halides is 1. The van der Waals surface area contributed by atoms with Gasteiger partial charge in [-0.15, -0.1) is 0 Å². The van der Waals surface area contributed by atoms with Gasteiger partial charge in [0.15, 0.2) is 0 Å². The molecule has 2 nitrogen and oxygen atoms in total. The maximum absolute atomic E-state index is 10.2. The lowest BCUT2D eigenvalue weighted by Crippen LogP contribution is -2.59. The van der Waals surface area contributed by atoms with E-state index in [4.69, 9.17) is 4.74 Å². The van der Waals surface area contributed by atoms with Gasteiger partial charge in [0.1, 0.15) is 0 Å². The molecule has 2 aliphatic heterocycles. The summed E-state index contributed by atoms with van der Waals surface area (Å²) in [6, 6.07) is 0. The Morgan fingerprint density at radius 3 is 3.15 bits per heavy atom. The van der Waals surface area contributed by atoms with Crippen LogP contribution < -0.4 is 0 Å². The summed E-state index contributed by atoms with van der Waals surface area (Å²) in [6.45, 7) is 0. The van der Waals surface area contributed by atoms with Crippen LogP contribution in [0.3, 0.4) is 0 Å². The summed E-state index contributed by atoms with van der Waals surface area (Å²) in [4.78, 5) is 0. The van der Waals surface area contributed by atoms with Crippen LogP contribution in [0.4, 0.5) is 0 Å². The molecule has 2 heterocycles. The van der Waals surface area contributed by atoms with Crippen LogP contribution in [0, 0.1) is 5.92 Å². The molecule has 72 valence electrons. The molecule has 1 N–H and O–H groups in total. The fourth-order valence-electron chi connectivity index (χ4n) is 2.91. The molecule has 2 fully saturated rings. The molecule has 0 aromatic rings. The van der Waals surface area contributed by atoms with E-state index in [1.165, 1.54) is 6.42 Å². The number of hydrogen-bond acceptors (Lipinski definition) is 2. The SMILES string of the molecule is OC1C2CCCC1(Br)C1C=CC2O1. The smallest absolute Gasteiger partial charge is 0.0943 e. The van der Waals surface area contributed by atoms with Crippen molar-refractivity contribution in [1.29, 1.82) is 0 Å². The van der Waals surface area contributed by atoms with Gasteiger partial charge in [-0.05, 0) is 12.8 Å². The van der Waals surface area contributed by atoms with Gasteiger partial charge in [0, 0.05) is 5.92 Å². The van der Waals surface area contributed by atoms with Crippen molar-refractivity contribution in [1.82, 2.24) is 0 Å². The first-order valence-electron chi connectivity index (χ1n) is 4.92. The molecule has 1 saturated carbocycles. The number of hydrogen-bond donors (Lipinski definition) is 1. The number of rotatable bonds is 0. The Balaban J connectivity index is 2.04. The van der Waals surface area contributed by atoms with Crippen LogP contribution >= 0.6 is 15.9 Å². The average Bonchev–Trinajstić information content (AvgIpc) is 2.55. The van der Waals surface area contributed by atoms with Gasteiger partial charge in [0.25, 0.3) is 0 Å². The van der Waals surface area contributed by atoms with E-state index in [9.17, 15) is 5.11 Å². The van der Waals surface area contributed by atoms with Crippen LogP contribution in [0.25, 0.3) is 0 Å². The molecule has 0 aromatic heterocycles. The maximum Gasteiger partial charge on any atom is 0.0943 e. The molecule has 0 radical (unpaired) electrons. The van der Waals surface area contributed by atoms with Gasteiger partial charge in [-0.1, -0.05) is 34.5 Å². The first kappa shape index (κ1) is 8.45. The molecule has 1 aliphatic carbocycles. The van der Waals surface area contributed by atoms with Gasteiger partial charge < -0.3 is 9.84 Å². The zero-order chi connectivity index (χ0) is 9.05. The van der Waals surface area contributed by atoms with E-state index in [1.54, 1.807) is 0 Å². The van der Waals surface area contributed by atoms with Crippen molar-refractivity contribution in [2.24, 2.45) is 5.92 Å². The summed E-state index contributed by atoms with van der Waals surface area (Å²) in [5, 5.41) is 10.2. The lowest BCUT2D eigenvalue weighted by atomic mass is 9.73. The maximum atomic E-state index is 10.2. The molecule has 0 spiro atoms. The number of aliphatic hydroxyl groups excluding tert-OH is 1. The van der Waals surface area contributed by atoms with Gasteiger partial charge in [-0.2, -0.15) is 0 Å². The van der Waals surface area contributed by atoms with E-state index in [0.717, 1.165) is 12.8 Å². The quantitative estimate of drug-likeness (QED) is 0.519. The Kier molecular flexibility index (Phi) is 1.68. The second kappa shape index (κ2) is 2.59. The minimum atomic E-state index is -0.236. The molecule has 5 unspecified atom stereocenters. The number of halogens is 1. The molecule has 5 atom stereocenters. The van der Waals surface area contributed by atoms with E-state index in [2.05, 4.69) is 28.1 Å². The highest BCUT2D eigenvalue weighted by Gasteiger charge is 2.56. The van der Waals surface area contributed by atoms with Gasteiger partial charge in [0.05, 0.1) is 22.6 Å². The number of fused-ring (bicyclic) bond motifs is 6. The first-order valence-corrected chi connectivity index (χ1v) is 5.72. The van der Waals surface area contributed by atoms with Crippen molar-refractivity contribution in [3.63, 3.8) is 0 Å². The second-order valence-electron chi connectivity index (χ2n) is 4.33. The third kappa shape index (κ3) is 0.956. The Morgan fingerprint density at radius 1 is 1.46 bits per heavy atom. The minimum absolute atomic E-state index is 0.0871. The molecule has 0 amide bonds. The second-order valence-corrected chi connectivity index (χ2v) is 5.81. The predicted molar refractivity (Wildman–Crippen MR) is 52.8 cm³/mol. The highest BCUT2D eigenvalue weighted by molar-refractivity contribution is 9.10. The van der Waals surface area contributed by atoms with Crippen molar-refractivity contribution in [2.75, 3.05) is 0 Å². The van der Waals surface area contributed by atoms with Crippen LogP contribution in [0.2, 0.25) is 0 Å². The van der Waals surface area contributed by atoms with Crippen molar-refractivity contribution >= 4 is 15.9 Å². The lowest BCUT2D eigenvalue weighted by molar-refractivity contribution is -0.129. The van der Waals surface area contributed by atoms with E-state index in [1.807, 2.05) is 0 Å². The molecule has 1 saturated heterocycles. The molecule has 3 rings (SSSR count). The van der Waals surface area contributed by atoms with Crippen molar-refractivity contribution in [2.45, 2.75) is 41.9 Å². The van der Waals surface area contributed by atoms with Crippen LogP contribution in [-0.2, 0) is 4.74 Å². The first-order chi connectivity index (χ1) is 6.22. The van der Waals surface area contributed by atoms with Crippen molar-refractivity contribution in [3.8, 4) is 0 Å². The topological polar surface area (TPSA) is 29.5 Å². The average molecular weight is 245 g/mol. The number of aliphatic hydroxyl groups is 1. The summed E-state index contributed by atoms with van der Waals surface area (Å²) < 4.78 is 5.62. The van der Waals surface area contributed by atoms with Crippen LogP contribution in [0.5, 0.6) is 0 Å². The van der Waals surface area contributed by atoms with Crippen LogP contribution in [0.1, 0.15) is 19.3 Å². The molecular formula is C10H13BrO2. The van der Waals surface area contributed by atoms with Crippen LogP contribution in [0.15, 0.2) is 12.2 Å². The van der Waals surface area contributed by atoms with Crippen LogP contribution in [-0.4, -0.2) is 27.7 Å². The molecule has 0 aromatic carbocycles. The Morgan fingerprint density at radius 2 is 2.31 bits per heavy atom. The minimum Gasteiger partial charge on any atom is -0.391 e. The lowest BCUT2D eigenvalue weighted by Gasteiger charge is -2.49. The van der Waals surface area contributed by atoms with E-state index < -0.39 is 0 Å². The largest absolute Gasteiger partial charge is 0.391 e. The normalized spacial score (nSPS) is 58.3. The van der Waals surface area contributed by atoms with Gasteiger partial charge >= 0.3 is 0 Å². The summed E-state index contributed by atoms with van der Waals surface area (Å²) in [5.41, 5.74) is 0. The summed E-state index contributed by atoms with van der Waals surface area (Å²) in [6.07, 6.45) is 7.56. The highest BCUT2D eigenvalue weighted by Crippen LogP contribution is 2.51. The molecule has 4 bridgehead atoms. The van der Waals surface area contributed by atoms with E-state index >= 15 is 0 Å².